The Labute approximate surface area is 163 Å². The third-order valence-corrected chi connectivity index (χ3v) is 7.28. The number of rotatable bonds is 4. The van der Waals surface area contributed by atoms with Crippen LogP contribution in [0.15, 0.2) is 41.3 Å². The van der Waals surface area contributed by atoms with Gasteiger partial charge in [0, 0.05) is 11.8 Å². The van der Waals surface area contributed by atoms with E-state index in [9.17, 15) is 19.2 Å². The van der Waals surface area contributed by atoms with Gasteiger partial charge in [0.25, 0.3) is 0 Å². The maximum absolute atomic E-state index is 14.6. The molecule has 0 saturated carbocycles. The molecule has 1 aromatic heterocycles. The zero-order valence-electron chi connectivity index (χ0n) is 14.4. The Hall–Kier alpha value is -1.75. The van der Waals surface area contributed by atoms with E-state index in [2.05, 4.69) is 4.98 Å². The zero-order valence-corrected chi connectivity index (χ0v) is 16.1. The molecule has 0 amide bonds. The molecule has 4 rings (SSSR count). The number of aromatic nitrogens is 2. The van der Waals surface area contributed by atoms with Crippen molar-refractivity contribution in [1.82, 2.24) is 9.55 Å². The van der Waals surface area contributed by atoms with Crippen molar-refractivity contribution in [3.63, 3.8) is 0 Å². The van der Waals surface area contributed by atoms with Crippen molar-refractivity contribution < 1.29 is 28.0 Å². The number of hydrogen-bond donors (Lipinski definition) is 3. The van der Waals surface area contributed by atoms with Gasteiger partial charge < -0.3 is 10.8 Å². The number of alkyl halides is 1. The van der Waals surface area contributed by atoms with Gasteiger partial charge in [0.2, 0.25) is 0 Å². The number of benzene rings is 1. The SMILES string of the molecule is Nc1ccn([C@@H]2S[C@H](CO[P+]3(O)OCc4ccccc4O3)[C@@H](O)[C@@H]2F)c(=O)n1. The van der Waals surface area contributed by atoms with Crippen molar-refractivity contribution in [3.8, 4) is 5.75 Å². The number of halogens is 1. The second-order valence-corrected chi connectivity index (χ2v) is 9.28. The molecule has 0 radical (unpaired) electrons. The van der Waals surface area contributed by atoms with Gasteiger partial charge in [-0.1, -0.05) is 18.2 Å². The standard InChI is InChI=1S/C16H17FN3O6PS/c17-13-14(21)11(28-15(13)20-6-5-12(18)19-16(20)22)8-25-27(23)24-7-9-3-1-2-4-10(9)26-27/h1-6,11,13-15,21,23H,7-8H2,(H-,18,19,22)/p+1/t11-,13+,14-,15-,27?/m1/s1. The molecule has 2 aliphatic heterocycles. The molecule has 1 fully saturated rings. The number of aliphatic hydroxyl groups is 1. The predicted octanol–water partition coefficient (Wildman–Crippen LogP) is 1.43. The Balaban J connectivity index is 1.44. The first kappa shape index (κ1) is 19.6. The summed E-state index contributed by atoms with van der Waals surface area (Å²) in [6.45, 7) is -0.117. The number of anilines is 1. The fraction of sp³-hybridized carbons (Fsp3) is 0.375. The van der Waals surface area contributed by atoms with Crippen LogP contribution in [0, 0.1) is 0 Å². The number of nitrogens with zero attached hydrogens (tertiary/aromatic N) is 2. The normalized spacial score (nSPS) is 32.0. The largest absolute Gasteiger partial charge is 0.619 e. The summed E-state index contributed by atoms with van der Waals surface area (Å²) in [5, 5.41) is 8.47. The number of para-hydroxylation sites is 1. The molecule has 0 bridgehead atoms. The highest BCUT2D eigenvalue weighted by atomic mass is 32.2. The highest BCUT2D eigenvalue weighted by Crippen LogP contribution is 2.62. The fourth-order valence-electron chi connectivity index (χ4n) is 2.93. The minimum atomic E-state index is -3.65. The van der Waals surface area contributed by atoms with E-state index in [0.29, 0.717) is 5.75 Å². The van der Waals surface area contributed by atoms with Gasteiger partial charge in [-0.3, -0.25) is 9.09 Å². The van der Waals surface area contributed by atoms with Crippen molar-refractivity contribution in [1.29, 1.82) is 0 Å². The smallest absolute Gasteiger partial charge is 0.389 e. The Morgan fingerprint density at radius 2 is 2.21 bits per heavy atom. The molecule has 12 heteroatoms. The van der Waals surface area contributed by atoms with Gasteiger partial charge in [-0.2, -0.15) is 9.88 Å². The van der Waals surface area contributed by atoms with Crippen LogP contribution in [-0.2, 0) is 15.7 Å². The molecule has 0 aliphatic carbocycles. The van der Waals surface area contributed by atoms with Gasteiger partial charge in [0.15, 0.2) is 11.9 Å². The second-order valence-electron chi connectivity index (χ2n) is 6.28. The van der Waals surface area contributed by atoms with Gasteiger partial charge >= 0.3 is 13.9 Å². The Morgan fingerprint density at radius 3 is 3.00 bits per heavy atom. The first-order valence-electron chi connectivity index (χ1n) is 8.37. The second kappa shape index (κ2) is 7.58. The lowest BCUT2D eigenvalue weighted by Crippen LogP contribution is -2.34. The molecule has 9 nitrogen and oxygen atoms in total. The quantitative estimate of drug-likeness (QED) is 0.617. The van der Waals surface area contributed by atoms with E-state index < -0.39 is 36.8 Å². The molecular formula is C16H18FN3O6PS+. The van der Waals surface area contributed by atoms with Crippen LogP contribution in [0.2, 0.25) is 0 Å². The molecule has 2 aliphatic rings. The molecule has 1 unspecified atom stereocenters. The Bertz CT molecular complexity index is 935. The summed E-state index contributed by atoms with van der Waals surface area (Å²) < 4.78 is 31.8. The van der Waals surface area contributed by atoms with Gasteiger partial charge in [-0.25, -0.2) is 9.18 Å². The van der Waals surface area contributed by atoms with E-state index in [1.807, 2.05) is 6.07 Å². The minimum absolute atomic E-state index is 0.0268. The fourth-order valence-corrected chi connectivity index (χ4v) is 5.71. The summed E-state index contributed by atoms with van der Waals surface area (Å²) >= 11 is 1.00. The molecule has 150 valence electrons. The monoisotopic (exact) mass is 430 g/mol. The minimum Gasteiger partial charge on any atom is -0.389 e. The van der Waals surface area contributed by atoms with Crippen LogP contribution in [0.25, 0.3) is 0 Å². The Morgan fingerprint density at radius 1 is 1.43 bits per heavy atom. The first-order valence-corrected chi connectivity index (χ1v) is 10.8. The van der Waals surface area contributed by atoms with E-state index in [-0.39, 0.29) is 19.0 Å². The molecule has 1 aromatic carbocycles. The van der Waals surface area contributed by atoms with Gasteiger partial charge in [0.05, 0.1) is 5.25 Å². The number of nitrogens with two attached hydrogens (primary N) is 1. The molecule has 5 atom stereocenters. The first-order chi connectivity index (χ1) is 13.4. The highest BCUT2D eigenvalue weighted by molar-refractivity contribution is 8.00. The topological polar surface area (TPSA) is 129 Å². The van der Waals surface area contributed by atoms with Crippen LogP contribution in [0.5, 0.6) is 5.75 Å². The van der Waals surface area contributed by atoms with Crippen LogP contribution in [0.3, 0.4) is 0 Å². The average Bonchev–Trinajstić information content (AvgIpc) is 2.95. The molecular weight excluding hydrogens is 412 g/mol. The van der Waals surface area contributed by atoms with Gasteiger partial charge in [-0.15, -0.1) is 20.8 Å². The lowest BCUT2D eigenvalue weighted by atomic mass is 10.1. The lowest BCUT2D eigenvalue weighted by molar-refractivity contribution is 0.0514. The number of hydrogen-bond acceptors (Lipinski definition) is 9. The lowest BCUT2D eigenvalue weighted by Gasteiger charge is -2.22. The van der Waals surface area contributed by atoms with Crippen LogP contribution >= 0.6 is 19.9 Å². The molecule has 3 heterocycles. The molecule has 1 saturated heterocycles. The summed E-state index contributed by atoms with van der Waals surface area (Å²) in [6, 6.07) is 8.42. The van der Waals surface area contributed by atoms with E-state index in [1.165, 1.54) is 12.3 Å². The van der Waals surface area contributed by atoms with E-state index in [0.717, 1.165) is 21.9 Å². The Kier molecular flexibility index (Phi) is 5.30. The van der Waals surface area contributed by atoms with Crippen molar-refractivity contribution in [2.24, 2.45) is 0 Å². The summed E-state index contributed by atoms with van der Waals surface area (Å²) in [7, 11) is -3.65. The van der Waals surface area contributed by atoms with Crippen molar-refractivity contribution in [2.75, 3.05) is 12.3 Å². The average molecular weight is 430 g/mol. The van der Waals surface area contributed by atoms with Gasteiger partial charge in [0.1, 0.15) is 30.5 Å². The molecule has 0 spiro atoms. The van der Waals surface area contributed by atoms with Crippen LogP contribution in [-0.4, -0.2) is 43.7 Å². The summed E-state index contributed by atoms with van der Waals surface area (Å²) in [6.07, 6.45) is -1.82. The summed E-state index contributed by atoms with van der Waals surface area (Å²) in [5.41, 5.74) is 5.50. The van der Waals surface area contributed by atoms with Crippen molar-refractivity contribution in [3.05, 3.63) is 52.6 Å². The predicted molar refractivity (Wildman–Crippen MR) is 101 cm³/mol. The van der Waals surface area contributed by atoms with Crippen molar-refractivity contribution >= 4 is 25.7 Å². The van der Waals surface area contributed by atoms with E-state index in [1.54, 1.807) is 18.2 Å². The number of fused-ring (bicyclic) bond motifs is 1. The van der Waals surface area contributed by atoms with Gasteiger partial charge in [-0.05, 0) is 12.1 Å². The van der Waals surface area contributed by atoms with Crippen molar-refractivity contribution in [2.45, 2.75) is 29.5 Å². The number of thioether (sulfide) groups is 1. The zero-order chi connectivity index (χ0) is 19.9. The van der Waals surface area contributed by atoms with Crippen LogP contribution in [0.1, 0.15) is 10.9 Å². The number of aliphatic hydroxyl groups excluding tert-OH is 1. The molecule has 2 aromatic rings. The third kappa shape index (κ3) is 3.73. The number of nitrogen functional groups attached to an aromatic ring is 1. The maximum atomic E-state index is 14.6. The molecule has 4 N–H and O–H groups in total. The van der Waals surface area contributed by atoms with Crippen LogP contribution < -0.4 is 15.9 Å². The summed E-state index contributed by atoms with van der Waals surface area (Å²) in [5.74, 6) is 0.476. The molecule has 28 heavy (non-hydrogen) atoms. The summed E-state index contributed by atoms with van der Waals surface area (Å²) in [4.78, 5) is 26.0. The highest BCUT2D eigenvalue weighted by Gasteiger charge is 2.53. The third-order valence-electron chi connectivity index (χ3n) is 4.39. The maximum Gasteiger partial charge on any atom is 0.619 e. The van der Waals surface area contributed by atoms with E-state index >= 15 is 0 Å². The van der Waals surface area contributed by atoms with E-state index in [4.69, 9.17) is 19.3 Å². The van der Waals surface area contributed by atoms with Crippen LogP contribution in [0.4, 0.5) is 10.2 Å².